The largest absolute Gasteiger partial charge is 0.475 e. The van der Waals surface area contributed by atoms with E-state index in [1.807, 2.05) is 42.5 Å². The Bertz CT molecular complexity index is 1140. The van der Waals surface area contributed by atoms with E-state index in [1.165, 1.54) is 6.92 Å². The van der Waals surface area contributed by atoms with E-state index < -0.39 is 29.8 Å². The minimum Gasteiger partial charge on any atom is -0.475 e. The molecule has 1 amide bonds. The van der Waals surface area contributed by atoms with Crippen LogP contribution in [-0.4, -0.2) is 49.4 Å². The Labute approximate surface area is 184 Å². The number of amides is 1. The Morgan fingerprint density at radius 3 is 2.28 bits per heavy atom. The van der Waals surface area contributed by atoms with Crippen LogP contribution >= 0.6 is 0 Å². The number of ether oxygens (including phenoxy) is 3. The van der Waals surface area contributed by atoms with Crippen molar-refractivity contribution in [1.29, 1.82) is 0 Å². The molecule has 0 saturated carbocycles. The molecule has 0 bridgehead atoms. The number of nitrogens with one attached hydrogen (secondary N) is 1. The van der Waals surface area contributed by atoms with Crippen LogP contribution < -0.4 is 10.1 Å². The van der Waals surface area contributed by atoms with Gasteiger partial charge in [-0.25, -0.2) is 9.59 Å². The number of methoxy groups -OCH3 is 2. The molecule has 9 heteroatoms. The molecule has 3 rings (SSSR count). The lowest BCUT2D eigenvalue weighted by molar-refractivity contribution is -0.165. The number of hydrogen-bond acceptors (Lipinski definition) is 8. The lowest BCUT2D eigenvalue weighted by Gasteiger charge is -2.28. The highest BCUT2D eigenvalue weighted by molar-refractivity contribution is 6.08. The van der Waals surface area contributed by atoms with Crippen molar-refractivity contribution in [2.24, 2.45) is 0 Å². The number of aromatic nitrogens is 1. The fraction of sp³-hybridized carbons (Fsp3) is 0.304. The third kappa shape index (κ3) is 4.27. The number of esters is 2. The molecular formula is C23H24N2O7. The molecule has 1 aromatic heterocycles. The highest BCUT2D eigenvalue weighted by Gasteiger charge is 2.51. The molecular weight excluding hydrogens is 416 g/mol. The van der Waals surface area contributed by atoms with Crippen LogP contribution in [0.25, 0.3) is 21.9 Å². The second kappa shape index (κ2) is 9.51. The summed E-state index contributed by atoms with van der Waals surface area (Å²) < 4.78 is 20.8. The summed E-state index contributed by atoms with van der Waals surface area (Å²) in [6.07, 6.45) is -0.395. The van der Waals surface area contributed by atoms with Crippen LogP contribution in [0.1, 0.15) is 19.6 Å². The molecule has 9 nitrogen and oxygen atoms in total. The van der Waals surface area contributed by atoms with E-state index >= 15 is 0 Å². The second-order valence-corrected chi connectivity index (χ2v) is 7.03. The van der Waals surface area contributed by atoms with E-state index in [4.69, 9.17) is 18.7 Å². The first-order valence-electron chi connectivity index (χ1n) is 9.92. The van der Waals surface area contributed by atoms with Gasteiger partial charge in [-0.1, -0.05) is 36.4 Å². The van der Waals surface area contributed by atoms with Crippen LogP contribution in [0.2, 0.25) is 0 Å². The summed E-state index contributed by atoms with van der Waals surface area (Å²) in [6, 6.07) is 13.5. The zero-order valence-corrected chi connectivity index (χ0v) is 18.3. The molecule has 0 atom stereocenters. The maximum Gasteiger partial charge on any atom is 0.343 e. The number of fused-ring (bicyclic) bond motifs is 1. The van der Waals surface area contributed by atoms with Crippen molar-refractivity contribution in [2.75, 3.05) is 20.8 Å². The highest BCUT2D eigenvalue weighted by Crippen LogP contribution is 2.37. The van der Waals surface area contributed by atoms with Gasteiger partial charge in [0.15, 0.2) is 5.76 Å². The van der Waals surface area contributed by atoms with Crippen LogP contribution in [0.4, 0.5) is 0 Å². The van der Waals surface area contributed by atoms with E-state index in [1.54, 1.807) is 6.92 Å². The summed E-state index contributed by atoms with van der Waals surface area (Å²) in [6.45, 7) is 3.29. The van der Waals surface area contributed by atoms with Crippen molar-refractivity contribution < 1.29 is 33.1 Å². The second-order valence-electron chi connectivity index (χ2n) is 7.03. The number of carbonyl (C=O) groups is 3. The Hall–Kier alpha value is -3.88. The SMILES string of the molecule is CCOc1noc(CC(NC(C)=O)(C(=O)OC)C(=O)OC)c1-c1ccc2ccccc2c1. The molecule has 3 aromatic rings. The molecule has 0 spiro atoms. The lowest BCUT2D eigenvalue weighted by Crippen LogP contribution is -2.62. The van der Waals surface area contributed by atoms with Crippen LogP contribution in [0.3, 0.4) is 0 Å². The molecule has 168 valence electrons. The van der Waals surface area contributed by atoms with E-state index in [9.17, 15) is 14.4 Å². The molecule has 32 heavy (non-hydrogen) atoms. The molecule has 0 aliphatic heterocycles. The van der Waals surface area contributed by atoms with Gasteiger partial charge in [-0.2, -0.15) is 0 Å². The van der Waals surface area contributed by atoms with Crippen LogP contribution in [0.5, 0.6) is 5.88 Å². The van der Waals surface area contributed by atoms with Gasteiger partial charge in [-0.15, -0.1) is 0 Å². The number of benzene rings is 2. The van der Waals surface area contributed by atoms with Crippen molar-refractivity contribution in [3.63, 3.8) is 0 Å². The maximum atomic E-state index is 12.7. The van der Waals surface area contributed by atoms with Crippen molar-refractivity contribution in [3.8, 4) is 17.0 Å². The highest BCUT2D eigenvalue weighted by atomic mass is 16.6. The first-order chi connectivity index (χ1) is 15.4. The van der Waals surface area contributed by atoms with Gasteiger partial charge in [-0.05, 0) is 34.5 Å². The molecule has 0 saturated heterocycles. The average molecular weight is 440 g/mol. The summed E-state index contributed by atoms with van der Waals surface area (Å²) >= 11 is 0. The number of nitrogens with zero attached hydrogens (tertiary/aromatic N) is 1. The summed E-state index contributed by atoms with van der Waals surface area (Å²) in [5.74, 6) is -2.29. The summed E-state index contributed by atoms with van der Waals surface area (Å²) in [7, 11) is 2.22. The first kappa shape index (κ1) is 22.8. The summed E-state index contributed by atoms with van der Waals surface area (Å²) in [5.41, 5.74) is -1.00. The molecule has 0 fully saturated rings. The molecule has 0 unspecified atom stereocenters. The monoisotopic (exact) mass is 440 g/mol. The Morgan fingerprint density at radius 2 is 1.69 bits per heavy atom. The predicted octanol–water partition coefficient (Wildman–Crippen LogP) is 2.66. The average Bonchev–Trinajstić information content (AvgIpc) is 3.18. The lowest BCUT2D eigenvalue weighted by atomic mass is 9.90. The topological polar surface area (TPSA) is 117 Å². The summed E-state index contributed by atoms with van der Waals surface area (Å²) in [4.78, 5) is 37.3. The van der Waals surface area contributed by atoms with Gasteiger partial charge in [-0.3, -0.25) is 4.79 Å². The van der Waals surface area contributed by atoms with E-state index in [0.717, 1.165) is 25.0 Å². The van der Waals surface area contributed by atoms with E-state index in [0.29, 0.717) is 17.7 Å². The summed E-state index contributed by atoms with van der Waals surface area (Å²) in [5, 5.41) is 8.36. The van der Waals surface area contributed by atoms with Crippen molar-refractivity contribution in [3.05, 3.63) is 48.2 Å². The fourth-order valence-corrected chi connectivity index (χ4v) is 3.56. The van der Waals surface area contributed by atoms with Gasteiger partial charge >= 0.3 is 11.9 Å². The third-order valence-corrected chi connectivity index (χ3v) is 4.93. The van der Waals surface area contributed by atoms with Crippen molar-refractivity contribution >= 4 is 28.6 Å². The van der Waals surface area contributed by atoms with Crippen LogP contribution in [0, 0.1) is 0 Å². The molecule has 1 N–H and O–H groups in total. The Morgan fingerprint density at radius 1 is 1.03 bits per heavy atom. The maximum absolute atomic E-state index is 12.7. The van der Waals surface area contributed by atoms with Gasteiger partial charge in [0, 0.05) is 6.92 Å². The Kier molecular flexibility index (Phi) is 6.77. The normalized spacial score (nSPS) is 11.1. The Balaban J connectivity index is 2.18. The molecule has 1 heterocycles. The smallest absolute Gasteiger partial charge is 0.343 e. The zero-order valence-electron chi connectivity index (χ0n) is 18.3. The minimum atomic E-state index is -2.16. The van der Waals surface area contributed by atoms with Crippen molar-refractivity contribution in [2.45, 2.75) is 25.8 Å². The van der Waals surface area contributed by atoms with Gasteiger partial charge in [0.2, 0.25) is 11.4 Å². The third-order valence-electron chi connectivity index (χ3n) is 4.93. The standard InChI is InChI=1S/C23H24N2O7/c1-5-31-20-19(17-11-10-15-8-6-7-9-16(15)12-17)18(32-25-20)13-23(21(27)29-3,22(28)30-4)24-14(2)26/h6-12H,5,13H2,1-4H3,(H,24,26). The molecule has 0 aliphatic carbocycles. The fourth-order valence-electron chi connectivity index (χ4n) is 3.56. The van der Waals surface area contributed by atoms with Crippen LogP contribution in [0.15, 0.2) is 47.0 Å². The quantitative estimate of drug-likeness (QED) is 0.420. The van der Waals surface area contributed by atoms with Gasteiger partial charge < -0.3 is 24.1 Å². The first-order valence-corrected chi connectivity index (χ1v) is 9.92. The zero-order chi connectivity index (χ0) is 23.3. The van der Waals surface area contributed by atoms with Gasteiger partial charge in [0.25, 0.3) is 5.88 Å². The number of hydrogen-bond donors (Lipinski definition) is 1. The van der Waals surface area contributed by atoms with Crippen LogP contribution in [-0.2, 0) is 30.3 Å². The predicted molar refractivity (Wildman–Crippen MR) is 115 cm³/mol. The molecule has 0 aliphatic rings. The van der Waals surface area contributed by atoms with Gasteiger partial charge in [0.1, 0.15) is 0 Å². The molecule has 0 radical (unpaired) electrons. The molecule has 2 aromatic carbocycles. The van der Waals surface area contributed by atoms with Crippen molar-refractivity contribution in [1.82, 2.24) is 10.5 Å². The van der Waals surface area contributed by atoms with E-state index in [2.05, 4.69) is 10.5 Å². The number of rotatable bonds is 8. The minimum absolute atomic E-state index is 0.147. The van der Waals surface area contributed by atoms with E-state index in [-0.39, 0.29) is 11.6 Å². The number of carbonyl (C=O) groups excluding carboxylic acids is 3. The van der Waals surface area contributed by atoms with Gasteiger partial charge in [0.05, 0.1) is 32.8 Å².